The summed E-state index contributed by atoms with van der Waals surface area (Å²) in [5.41, 5.74) is 1.68. The number of halogens is 2. The molecular weight excluding hydrogens is 505 g/mol. The van der Waals surface area contributed by atoms with Crippen LogP contribution in [-0.2, 0) is 16.0 Å². The van der Waals surface area contributed by atoms with E-state index < -0.39 is 17.0 Å². The van der Waals surface area contributed by atoms with Crippen molar-refractivity contribution in [3.05, 3.63) is 105 Å². The van der Waals surface area contributed by atoms with Crippen molar-refractivity contribution >= 4 is 50.9 Å². The normalized spacial score (nSPS) is 16.9. The highest BCUT2D eigenvalue weighted by molar-refractivity contribution is 9.10. The molecule has 1 atom stereocenters. The maximum Gasteiger partial charge on any atom is 0.269 e. The van der Waals surface area contributed by atoms with E-state index in [9.17, 15) is 19.2 Å². The summed E-state index contributed by atoms with van der Waals surface area (Å²) in [6, 6.07) is 23.8. The van der Waals surface area contributed by atoms with Crippen molar-refractivity contribution in [1.29, 1.82) is 5.26 Å². The number of thioether (sulfide) groups is 1. The minimum Gasteiger partial charge on any atom is -0.321 e. The molecule has 0 radical (unpaired) electrons. The Bertz CT molecular complexity index is 1260. The van der Waals surface area contributed by atoms with Crippen LogP contribution in [0.1, 0.15) is 5.56 Å². The second kappa shape index (κ2) is 10.0. The van der Waals surface area contributed by atoms with Gasteiger partial charge in [0, 0.05) is 15.8 Å². The highest BCUT2D eigenvalue weighted by Gasteiger charge is 2.40. The summed E-state index contributed by atoms with van der Waals surface area (Å²) in [7, 11) is 0. The van der Waals surface area contributed by atoms with Crippen LogP contribution in [0.25, 0.3) is 0 Å². The van der Waals surface area contributed by atoms with Gasteiger partial charge in [0.15, 0.2) is 0 Å². The second-order valence-electron chi connectivity index (χ2n) is 7.20. The van der Waals surface area contributed by atoms with Gasteiger partial charge in [0.05, 0.1) is 5.25 Å². The van der Waals surface area contributed by atoms with Gasteiger partial charge >= 0.3 is 0 Å². The molecule has 1 aliphatic heterocycles. The third-order valence-electron chi connectivity index (χ3n) is 4.96. The number of hydrogen-bond donors (Lipinski definition) is 1. The predicted molar refractivity (Wildman–Crippen MR) is 131 cm³/mol. The summed E-state index contributed by atoms with van der Waals surface area (Å²) in [5, 5.41) is 12.3. The van der Waals surface area contributed by atoms with Gasteiger partial charge in [-0.25, -0.2) is 4.39 Å². The minimum atomic E-state index is -0.623. The smallest absolute Gasteiger partial charge is 0.269 e. The van der Waals surface area contributed by atoms with Gasteiger partial charge in [0.25, 0.3) is 5.91 Å². The summed E-state index contributed by atoms with van der Waals surface area (Å²) < 4.78 is 14.4. The van der Waals surface area contributed by atoms with E-state index in [1.807, 2.05) is 36.4 Å². The zero-order chi connectivity index (χ0) is 23.4. The van der Waals surface area contributed by atoms with E-state index in [2.05, 4.69) is 21.2 Å². The van der Waals surface area contributed by atoms with E-state index in [1.54, 1.807) is 24.3 Å². The molecule has 2 amide bonds. The molecule has 0 aliphatic carbocycles. The van der Waals surface area contributed by atoms with Gasteiger partial charge in [-0.2, -0.15) is 5.26 Å². The fourth-order valence-electron chi connectivity index (χ4n) is 3.37. The van der Waals surface area contributed by atoms with Crippen molar-refractivity contribution in [1.82, 2.24) is 0 Å². The Kier molecular flexibility index (Phi) is 6.92. The number of rotatable bonds is 5. The van der Waals surface area contributed by atoms with Gasteiger partial charge in [-0.1, -0.05) is 58.0 Å². The molecule has 1 N–H and O–H groups in total. The van der Waals surface area contributed by atoms with Crippen molar-refractivity contribution in [2.75, 3.05) is 10.2 Å². The standard InChI is InChI=1S/C25H17BrFN3O2S/c26-17-6-10-19(11-7-17)29-23(31)21(15-28)25-30(20-12-8-18(27)9-13-20)24(32)22(33-25)14-16-4-2-1-3-5-16/h1-13,22H,14H2,(H,29,31). The Labute approximate surface area is 203 Å². The molecule has 1 heterocycles. The van der Waals surface area contributed by atoms with E-state index in [4.69, 9.17) is 0 Å². The third kappa shape index (κ3) is 5.16. The predicted octanol–water partition coefficient (Wildman–Crippen LogP) is 5.65. The minimum absolute atomic E-state index is 0.184. The first kappa shape index (κ1) is 22.8. The summed E-state index contributed by atoms with van der Waals surface area (Å²) in [4.78, 5) is 27.7. The molecule has 1 saturated heterocycles. The summed E-state index contributed by atoms with van der Waals surface area (Å²) in [5.74, 6) is -1.34. The van der Waals surface area contributed by atoms with Crippen LogP contribution < -0.4 is 10.2 Å². The van der Waals surface area contributed by atoms with Crippen molar-refractivity contribution in [2.24, 2.45) is 0 Å². The van der Waals surface area contributed by atoms with Gasteiger partial charge in [0.1, 0.15) is 22.5 Å². The highest BCUT2D eigenvalue weighted by Crippen LogP contribution is 2.42. The van der Waals surface area contributed by atoms with E-state index in [0.717, 1.165) is 10.0 Å². The van der Waals surface area contributed by atoms with Crippen LogP contribution in [0.15, 0.2) is 93.9 Å². The number of nitrogens with one attached hydrogen (secondary N) is 1. The average Bonchev–Trinajstić information content (AvgIpc) is 3.12. The highest BCUT2D eigenvalue weighted by atomic mass is 79.9. The maximum absolute atomic E-state index is 13.5. The lowest BCUT2D eigenvalue weighted by Crippen LogP contribution is -2.30. The van der Waals surface area contributed by atoms with Crippen LogP contribution >= 0.6 is 27.7 Å². The molecule has 3 aromatic carbocycles. The van der Waals surface area contributed by atoms with Gasteiger partial charge in [-0.3, -0.25) is 14.5 Å². The monoisotopic (exact) mass is 521 g/mol. The van der Waals surface area contributed by atoms with Crippen LogP contribution in [-0.4, -0.2) is 17.1 Å². The van der Waals surface area contributed by atoms with Crippen LogP contribution in [0.4, 0.5) is 15.8 Å². The van der Waals surface area contributed by atoms with Crippen LogP contribution in [0.2, 0.25) is 0 Å². The maximum atomic E-state index is 13.5. The fraction of sp³-hybridized carbons (Fsp3) is 0.0800. The molecule has 0 bridgehead atoms. The zero-order valence-corrected chi connectivity index (χ0v) is 19.6. The Morgan fingerprint density at radius 1 is 1.06 bits per heavy atom. The average molecular weight is 522 g/mol. The number of benzene rings is 3. The van der Waals surface area contributed by atoms with E-state index in [-0.39, 0.29) is 16.5 Å². The Balaban J connectivity index is 1.72. The molecule has 4 rings (SSSR count). The van der Waals surface area contributed by atoms with Crippen molar-refractivity contribution < 1.29 is 14.0 Å². The Morgan fingerprint density at radius 2 is 1.73 bits per heavy atom. The van der Waals surface area contributed by atoms with Crippen LogP contribution in [0.5, 0.6) is 0 Å². The fourth-order valence-corrected chi connectivity index (χ4v) is 4.94. The summed E-state index contributed by atoms with van der Waals surface area (Å²) >= 11 is 4.50. The summed E-state index contributed by atoms with van der Waals surface area (Å²) in [6.07, 6.45) is 0.429. The SMILES string of the molecule is N#CC(C(=O)Nc1ccc(Br)cc1)=C1SC(Cc2ccccc2)C(=O)N1c1ccc(F)cc1. The molecular formula is C25H17BrFN3O2S. The molecule has 5 nitrogen and oxygen atoms in total. The second-order valence-corrected chi connectivity index (χ2v) is 9.31. The van der Waals surface area contributed by atoms with Gasteiger partial charge in [0.2, 0.25) is 5.91 Å². The van der Waals surface area contributed by atoms with Crippen LogP contribution in [0, 0.1) is 17.1 Å². The lowest BCUT2D eigenvalue weighted by atomic mass is 10.1. The molecule has 0 saturated carbocycles. The topological polar surface area (TPSA) is 73.2 Å². The first-order valence-corrected chi connectivity index (χ1v) is 11.6. The van der Waals surface area contributed by atoms with Gasteiger partial charge in [-0.15, -0.1) is 0 Å². The van der Waals surface area contributed by atoms with Gasteiger partial charge < -0.3 is 5.32 Å². The number of carbonyl (C=O) groups excluding carboxylic acids is 2. The van der Waals surface area contributed by atoms with Crippen molar-refractivity contribution in [2.45, 2.75) is 11.7 Å². The lowest BCUT2D eigenvalue weighted by Gasteiger charge is -2.18. The molecule has 3 aromatic rings. The molecule has 0 spiro atoms. The number of nitriles is 1. The molecule has 1 unspecified atom stereocenters. The number of carbonyl (C=O) groups is 2. The molecule has 33 heavy (non-hydrogen) atoms. The third-order valence-corrected chi connectivity index (χ3v) is 6.75. The first-order chi connectivity index (χ1) is 16.0. The number of hydrogen-bond acceptors (Lipinski definition) is 4. The summed E-state index contributed by atoms with van der Waals surface area (Å²) in [6.45, 7) is 0. The number of amides is 2. The molecule has 1 fully saturated rings. The largest absolute Gasteiger partial charge is 0.321 e. The van der Waals surface area contributed by atoms with Crippen LogP contribution in [0.3, 0.4) is 0 Å². The molecule has 164 valence electrons. The quantitative estimate of drug-likeness (QED) is 0.347. The van der Waals surface area contributed by atoms with E-state index >= 15 is 0 Å². The Hall–Kier alpha value is -3.41. The molecule has 8 heteroatoms. The molecule has 1 aliphatic rings. The van der Waals surface area contributed by atoms with Crippen molar-refractivity contribution in [3.8, 4) is 6.07 Å². The lowest BCUT2D eigenvalue weighted by molar-refractivity contribution is -0.117. The van der Waals surface area contributed by atoms with Crippen molar-refractivity contribution in [3.63, 3.8) is 0 Å². The van der Waals surface area contributed by atoms with E-state index in [1.165, 1.54) is 40.9 Å². The first-order valence-electron chi connectivity index (χ1n) is 9.97. The zero-order valence-electron chi connectivity index (χ0n) is 17.2. The molecule has 0 aromatic heterocycles. The Morgan fingerprint density at radius 3 is 2.36 bits per heavy atom. The number of nitrogens with zero attached hydrogens (tertiary/aromatic N) is 2. The van der Waals surface area contributed by atoms with Gasteiger partial charge in [-0.05, 0) is 60.5 Å². The number of anilines is 2. The van der Waals surface area contributed by atoms with E-state index in [0.29, 0.717) is 17.8 Å².